The second kappa shape index (κ2) is 5.32. The van der Waals surface area contributed by atoms with E-state index in [0.29, 0.717) is 18.4 Å². The lowest BCUT2D eigenvalue weighted by Crippen LogP contribution is -2.11. The van der Waals surface area contributed by atoms with Gasteiger partial charge >= 0.3 is 6.18 Å². The van der Waals surface area contributed by atoms with Crippen LogP contribution < -0.4 is 5.73 Å². The Labute approximate surface area is 91.9 Å². The number of nitrogens with two attached hydrogens (primary N) is 1. The van der Waals surface area contributed by atoms with Gasteiger partial charge in [0.1, 0.15) is 0 Å². The summed E-state index contributed by atoms with van der Waals surface area (Å²) in [4.78, 5) is 0. The second-order valence-corrected chi connectivity index (χ2v) is 3.59. The van der Waals surface area contributed by atoms with E-state index in [2.05, 4.69) is 0 Å². The van der Waals surface area contributed by atoms with Gasteiger partial charge in [0.25, 0.3) is 0 Å². The van der Waals surface area contributed by atoms with Gasteiger partial charge in [0.05, 0.1) is 5.56 Å². The molecule has 0 saturated heterocycles. The maximum absolute atomic E-state index is 12.3. The average Bonchev–Trinajstić information content (AvgIpc) is 2.25. The zero-order valence-corrected chi connectivity index (χ0v) is 8.67. The molecule has 90 valence electrons. The SMILES string of the molecule is N[C@@H](CCCO)c1ccc(C(F)(F)F)cc1. The van der Waals surface area contributed by atoms with Crippen molar-refractivity contribution in [2.75, 3.05) is 6.61 Å². The summed E-state index contributed by atoms with van der Waals surface area (Å²) in [5, 5.41) is 8.61. The first-order valence-electron chi connectivity index (χ1n) is 4.98. The number of aliphatic hydroxyl groups is 1. The van der Waals surface area contributed by atoms with E-state index in [-0.39, 0.29) is 12.6 Å². The molecule has 0 unspecified atom stereocenters. The maximum Gasteiger partial charge on any atom is 0.416 e. The molecular formula is C11H14F3NO. The first kappa shape index (κ1) is 13.0. The smallest absolute Gasteiger partial charge is 0.396 e. The summed E-state index contributed by atoms with van der Waals surface area (Å²) in [5.41, 5.74) is 5.73. The predicted molar refractivity (Wildman–Crippen MR) is 54.7 cm³/mol. The molecule has 3 N–H and O–H groups in total. The van der Waals surface area contributed by atoms with Crippen molar-refractivity contribution in [1.82, 2.24) is 0 Å². The van der Waals surface area contributed by atoms with Gasteiger partial charge in [0.2, 0.25) is 0 Å². The van der Waals surface area contributed by atoms with Crippen molar-refractivity contribution in [2.24, 2.45) is 5.73 Å². The highest BCUT2D eigenvalue weighted by Gasteiger charge is 2.30. The van der Waals surface area contributed by atoms with Crippen molar-refractivity contribution in [3.8, 4) is 0 Å². The van der Waals surface area contributed by atoms with E-state index >= 15 is 0 Å². The third kappa shape index (κ3) is 3.50. The highest BCUT2D eigenvalue weighted by atomic mass is 19.4. The van der Waals surface area contributed by atoms with Crippen LogP contribution in [0.3, 0.4) is 0 Å². The highest BCUT2D eigenvalue weighted by molar-refractivity contribution is 5.26. The Morgan fingerprint density at radius 2 is 1.75 bits per heavy atom. The minimum Gasteiger partial charge on any atom is -0.396 e. The molecule has 0 bridgehead atoms. The fraction of sp³-hybridized carbons (Fsp3) is 0.455. The normalized spacial score (nSPS) is 13.8. The fourth-order valence-corrected chi connectivity index (χ4v) is 1.40. The van der Waals surface area contributed by atoms with Gasteiger partial charge in [-0.3, -0.25) is 0 Å². The Balaban J connectivity index is 2.71. The molecular weight excluding hydrogens is 219 g/mol. The van der Waals surface area contributed by atoms with Crippen molar-refractivity contribution in [1.29, 1.82) is 0 Å². The van der Waals surface area contributed by atoms with Gasteiger partial charge in [-0.1, -0.05) is 12.1 Å². The third-order valence-corrected chi connectivity index (χ3v) is 2.34. The van der Waals surface area contributed by atoms with Crippen LogP contribution in [0.2, 0.25) is 0 Å². The van der Waals surface area contributed by atoms with Crippen LogP contribution in [0, 0.1) is 0 Å². The predicted octanol–water partition coefficient (Wildman–Crippen LogP) is 2.48. The Hall–Kier alpha value is -1.07. The molecule has 1 atom stereocenters. The van der Waals surface area contributed by atoms with Gasteiger partial charge in [-0.2, -0.15) is 13.2 Å². The molecule has 0 spiro atoms. The fourth-order valence-electron chi connectivity index (χ4n) is 1.40. The van der Waals surface area contributed by atoms with Crippen LogP contribution in [-0.2, 0) is 6.18 Å². The van der Waals surface area contributed by atoms with Crippen LogP contribution >= 0.6 is 0 Å². The first-order chi connectivity index (χ1) is 7.45. The van der Waals surface area contributed by atoms with E-state index in [4.69, 9.17) is 10.8 Å². The number of hydrogen-bond donors (Lipinski definition) is 2. The van der Waals surface area contributed by atoms with Crippen LogP contribution in [0.1, 0.15) is 30.0 Å². The summed E-state index contributed by atoms with van der Waals surface area (Å²) in [6.07, 6.45) is -3.21. The van der Waals surface area contributed by atoms with Crippen molar-refractivity contribution in [3.63, 3.8) is 0 Å². The van der Waals surface area contributed by atoms with Gasteiger partial charge in [-0.25, -0.2) is 0 Å². The highest BCUT2D eigenvalue weighted by Crippen LogP contribution is 2.30. The molecule has 0 radical (unpaired) electrons. The van der Waals surface area contributed by atoms with E-state index in [1.165, 1.54) is 12.1 Å². The minimum atomic E-state index is -4.31. The Morgan fingerprint density at radius 3 is 2.19 bits per heavy atom. The van der Waals surface area contributed by atoms with Crippen molar-refractivity contribution in [2.45, 2.75) is 25.1 Å². The molecule has 0 aromatic heterocycles. The zero-order valence-electron chi connectivity index (χ0n) is 8.67. The summed E-state index contributed by atoms with van der Waals surface area (Å²) in [7, 11) is 0. The van der Waals surface area contributed by atoms with Crippen LogP contribution in [-0.4, -0.2) is 11.7 Å². The van der Waals surface area contributed by atoms with Crippen LogP contribution in [0.25, 0.3) is 0 Å². The molecule has 0 heterocycles. The van der Waals surface area contributed by atoms with Crippen molar-refractivity contribution in [3.05, 3.63) is 35.4 Å². The lowest BCUT2D eigenvalue weighted by Gasteiger charge is -2.12. The van der Waals surface area contributed by atoms with Gasteiger partial charge < -0.3 is 10.8 Å². The molecule has 0 saturated carbocycles. The van der Waals surface area contributed by atoms with E-state index in [9.17, 15) is 13.2 Å². The molecule has 0 fully saturated rings. The summed E-state index contributed by atoms with van der Waals surface area (Å²) in [5.74, 6) is 0. The second-order valence-electron chi connectivity index (χ2n) is 3.59. The molecule has 0 amide bonds. The van der Waals surface area contributed by atoms with Gasteiger partial charge in [-0.15, -0.1) is 0 Å². The largest absolute Gasteiger partial charge is 0.416 e. The van der Waals surface area contributed by atoms with Crippen LogP contribution in [0.5, 0.6) is 0 Å². The standard InChI is InChI=1S/C11H14F3NO/c12-11(13,14)9-5-3-8(4-6-9)10(15)2-1-7-16/h3-6,10,16H,1-2,7,15H2/t10-/m0/s1. The Morgan fingerprint density at radius 1 is 1.19 bits per heavy atom. The van der Waals surface area contributed by atoms with E-state index in [0.717, 1.165) is 12.1 Å². The van der Waals surface area contributed by atoms with Gasteiger partial charge in [-0.05, 0) is 30.5 Å². The summed E-state index contributed by atoms with van der Waals surface area (Å²) < 4.78 is 36.8. The molecule has 1 aromatic carbocycles. The summed E-state index contributed by atoms with van der Waals surface area (Å²) in [6, 6.07) is 4.48. The van der Waals surface area contributed by atoms with Crippen molar-refractivity contribution < 1.29 is 18.3 Å². The number of alkyl halides is 3. The van der Waals surface area contributed by atoms with E-state index in [1.807, 2.05) is 0 Å². The molecule has 0 aliphatic carbocycles. The van der Waals surface area contributed by atoms with Gasteiger partial charge in [0.15, 0.2) is 0 Å². The lowest BCUT2D eigenvalue weighted by molar-refractivity contribution is -0.137. The molecule has 5 heteroatoms. The third-order valence-electron chi connectivity index (χ3n) is 2.34. The number of halogens is 3. The summed E-state index contributed by atoms with van der Waals surface area (Å²) >= 11 is 0. The summed E-state index contributed by atoms with van der Waals surface area (Å²) in [6.45, 7) is 0.0360. The molecule has 16 heavy (non-hydrogen) atoms. The Bertz CT molecular complexity index is 321. The van der Waals surface area contributed by atoms with E-state index in [1.54, 1.807) is 0 Å². The maximum atomic E-state index is 12.3. The number of benzene rings is 1. The molecule has 0 aliphatic rings. The van der Waals surface area contributed by atoms with Gasteiger partial charge in [0, 0.05) is 12.6 Å². The van der Waals surface area contributed by atoms with Crippen LogP contribution in [0.4, 0.5) is 13.2 Å². The quantitative estimate of drug-likeness (QED) is 0.839. The minimum absolute atomic E-state index is 0.0360. The van der Waals surface area contributed by atoms with Crippen molar-refractivity contribution >= 4 is 0 Å². The lowest BCUT2D eigenvalue weighted by atomic mass is 10.0. The number of rotatable bonds is 4. The zero-order chi connectivity index (χ0) is 12.2. The monoisotopic (exact) mass is 233 g/mol. The topological polar surface area (TPSA) is 46.2 Å². The van der Waals surface area contributed by atoms with E-state index < -0.39 is 11.7 Å². The molecule has 0 aliphatic heterocycles. The average molecular weight is 233 g/mol. The molecule has 1 aromatic rings. The Kier molecular flexibility index (Phi) is 4.32. The number of hydrogen-bond acceptors (Lipinski definition) is 2. The first-order valence-corrected chi connectivity index (χ1v) is 4.98. The molecule has 2 nitrogen and oxygen atoms in total. The molecule has 1 rings (SSSR count). The number of aliphatic hydroxyl groups excluding tert-OH is 1. The van der Waals surface area contributed by atoms with Crippen LogP contribution in [0.15, 0.2) is 24.3 Å².